The normalized spacial score (nSPS) is 8.44. The van der Waals surface area contributed by atoms with Gasteiger partial charge in [0.1, 0.15) is 0 Å². The van der Waals surface area contributed by atoms with Crippen molar-refractivity contribution >= 4 is 9.24 Å². The lowest BCUT2D eigenvalue weighted by Gasteiger charge is -1.86. The number of hydrogen-bond acceptors (Lipinski definition) is 0. The first-order valence-corrected chi connectivity index (χ1v) is 3.76. The van der Waals surface area contributed by atoms with Crippen LogP contribution in [0.15, 0.2) is 30.3 Å². The third kappa shape index (κ3) is 2.84. The molecule has 0 fully saturated rings. The van der Waals surface area contributed by atoms with E-state index in [2.05, 4.69) is 24.3 Å². The molecule has 0 aliphatic carbocycles. The molecule has 9 heavy (non-hydrogen) atoms. The van der Waals surface area contributed by atoms with E-state index in [1.165, 1.54) is 11.7 Å². The molecule has 0 spiro atoms. The van der Waals surface area contributed by atoms with Crippen LogP contribution in [0.4, 0.5) is 0 Å². The van der Waals surface area contributed by atoms with Crippen LogP contribution in [0.25, 0.3) is 0 Å². The van der Waals surface area contributed by atoms with Crippen LogP contribution in [0.5, 0.6) is 0 Å². The van der Waals surface area contributed by atoms with Crippen molar-refractivity contribution in [1.82, 2.24) is 0 Å². The maximum absolute atomic E-state index is 2.15. The van der Waals surface area contributed by atoms with Crippen LogP contribution >= 0.6 is 9.24 Å². The van der Waals surface area contributed by atoms with E-state index in [-0.39, 0.29) is 12.4 Å². The molecule has 2 heteroatoms. The second kappa shape index (κ2) is 4.78. The summed E-state index contributed by atoms with van der Waals surface area (Å²) < 4.78 is 0. The molecule has 1 aromatic carbocycles. The third-order valence-corrected chi connectivity index (χ3v) is 1.71. The van der Waals surface area contributed by atoms with Crippen molar-refractivity contribution in [1.29, 1.82) is 0 Å². The highest BCUT2D eigenvalue weighted by Gasteiger charge is 1.83. The average Bonchev–Trinajstić information content (AvgIpc) is 1.90. The second-order valence-electron chi connectivity index (χ2n) is 1.74. The van der Waals surface area contributed by atoms with Gasteiger partial charge in [0.15, 0.2) is 0 Å². The van der Waals surface area contributed by atoms with Crippen molar-refractivity contribution in [2.45, 2.75) is 6.16 Å². The first-order chi connectivity index (χ1) is 3.93. The van der Waals surface area contributed by atoms with Crippen LogP contribution in [-0.2, 0) is 6.16 Å². The van der Waals surface area contributed by atoms with Crippen molar-refractivity contribution < 1.29 is 12.4 Å². The van der Waals surface area contributed by atoms with E-state index < -0.39 is 0 Å². The van der Waals surface area contributed by atoms with Gasteiger partial charge in [0, 0.05) is 0 Å². The van der Waals surface area contributed by atoms with Gasteiger partial charge < -0.3 is 12.4 Å². The smallest absolute Gasteiger partial charge is 0.0774 e. The summed E-state index contributed by atoms with van der Waals surface area (Å²) >= 11 is 0. The molecular weight excluding hydrogens is 151 g/mol. The molecule has 50 valence electrons. The van der Waals surface area contributed by atoms with Gasteiger partial charge >= 0.3 is 0 Å². The van der Waals surface area contributed by atoms with Crippen molar-refractivity contribution in [3.05, 3.63) is 35.9 Å². The SMILES string of the molecule is [Cl-].[PH3+]Cc1ccccc1. The molecule has 1 atom stereocenters. The highest BCUT2D eigenvalue weighted by atomic mass is 35.5. The molecule has 0 radical (unpaired) electrons. The van der Waals surface area contributed by atoms with E-state index in [0.717, 1.165) is 0 Å². The maximum atomic E-state index is 2.15. The summed E-state index contributed by atoms with van der Waals surface area (Å²) in [5.41, 5.74) is 1.42. The van der Waals surface area contributed by atoms with Crippen LogP contribution in [0, 0.1) is 0 Å². The molecule has 0 nitrogen and oxygen atoms in total. The molecule has 0 N–H and O–H groups in total. The fraction of sp³-hybridized carbons (Fsp3) is 0.143. The Hall–Kier alpha value is -0.0600. The van der Waals surface area contributed by atoms with Gasteiger partial charge in [-0.25, -0.2) is 0 Å². The Labute approximate surface area is 64.3 Å². The summed E-state index contributed by atoms with van der Waals surface area (Å²) in [6.45, 7) is 0. The van der Waals surface area contributed by atoms with Crippen LogP contribution in [0.2, 0.25) is 0 Å². The first-order valence-electron chi connectivity index (χ1n) is 2.76. The fourth-order valence-corrected chi connectivity index (χ4v) is 0.978. The topological polar surface area (TPSA) is 0 Å². The Balaban J connectivity index is 0.000000640. The van der Waals surface area contributed by atoms with Gasteiger partial charge in [0.05, 0.1) is 6.16 Å². The zero-order valence-electron chi connectivity index (χ0n) is 5.18. The molecule has 0 heterocycles. The molecule has 0 bridgehead atoms. The number of halogens is 1. The molecule has 0 amide bonds. The Bertz CT molecular complexity index is 150. The standard InChI is InChI=1S/C7H9P.ClH/c8-6-7-4-2-1-3-5-7;/h1-5H,6,8H2;1H. The monoisotopic (exact) mass is 160 g/mol. The Morgan fingerprint density at radius 3 is 2.00 bits per heavy atom. The summed E-state index contributed by atoms with van der Waals surface area (Å²) in [4.78, 5) is 0. The van der Waals surface area contributed by atoms with E-state index in [9.17, 15) is 0 Å². The minimum atomic E-state index is 0. The van der Waals surface area contributed by atoms with Gasteiger partial charge in [0.25, 0.3) is 0 Å². The van der Waals surface area contributed by atoms with E-state index in [0.29, 0.717) is 0 Å². The van der Waals surface area contributed by atoms with Crippen molar-refractivity contribution in [3.63, 3.8) is 0 Å². The summed E-state index contributed by atoms with van der Waals surface area (Å²) in [5.74, 6) is 0. The molecule has 1 rings (SSSR count). The lowest BCUT2D eigenvalue weighted by molar-refractivity contribution is -0.00000156. The largest absolute Gasteiger partial charge is 1.00 e. The number of hydrogen-bond donors (Lipinski definition) is 0. The predicted octanol–water partition coefficient (Wildman–Crippen LogP) is -1.20. The highest BCUT2D eigenvalue weighted by molar-refractivity contribution is 7.15. The summed E-state index contributed by atoms with van der Waals surface area (Å²) in [7, 11) is 1.98. The first kappa shape index (κ1) is 8.94. The van der Waals surface area contributed by atoms with Crippen LogP contribution in [-0.4, -0.2) is 0 Å². The number of rotatable bonds is 1. The van der Waals surface area contributed by atoms with Crippen LogP contribution in [0.3, 0.4) is 0 Å². The lowest BCUT2D eigenvalue weighted by atomic mass is 10.2. The molecule has 0 aliphatic heterocycles. The molecule has 1 unspecified atom stereocenters. The minimum absolute atomic E-state index is 0. The third-order valence-electron chi connectivity index (χ3n) is 1.13. The van der Waals surface area contributed by atoms with Crippen LogP contribution in [0.1, 0.15) is 5.56 Å². The second-order valence-corrected chi connectivity index (χ2v) is 2.24. The van der Waals surface area contributed by atoms with Crippen molar-refractivity contribution in [2.75, 3.05) is 0 Å². The molecule has 1 aromatic rings. The molecule has 0 saturated heterocycles. The highest BCUT2D eigenvalue weighted by Crippen LogP contribution is 2.02. The summed E-state index contributed by atoms with van der Waals surface area (Å²) in [5, 5.41) is 0. The van der Waals surface area contributed by atoms with Crippen LogP contribution < -0.4 is 12.4 Å². The molecule has 0 aromatic heterocycles. The van der Waals surface area contributed by atoms with E-state index in [4.69, 9.17) is 0 Å². The zero-order chi connectivity index (χ0) is 5.82. The van der Waals surface area contributed by atoms with Crippen molar-refractivity contribution in [3.8, 4) is 0 Å². The van der Waals surface area contributed by atoms with Gasteiger partial charge in [0.2, 0.25) is 0 Å². The average molecular weight is 161 g/mol. The van der Waals surface area contributed by atoms with E-state index >= 15 is 0 Å². The molecule has 0 aliphatic rings. The minimum Gasteiger partial charge on any atom is -1.00 e. The van der Waals surface area contributed by atoms with Gasteiger partial charge in [-0.15, -0.1) is 0 Å². The number of benzene rings is 1. The Morgan fingerprint density at radius 2 is 1.67 bits per heavy atom. The fourth-order valence-electron chi connectivity index (χ4n) is 0.645. The zero-order valence-corrected chi connectivity index (χ0v) is 7.35. The van der Waals surface area contributed by atoms with Gasteiger partial charge in [-0.3, -0.25) is 0 Å². The lowest BCUT2D eigenvalue weighted by Crippen LogP contribution is -3.00. The van der Waals surface area contributed by atoms with Gasteiger partial charge in [-0.2, -0.15) is 0 Å². The molecule has 0 saturated carbocycles. The maximum Gasteiger partial charge on any atom is 0.0774 e. The summed E-state index contributed by atoms with van der Waals surface area (Å²) in [6, 6.07) is 10.5. The molecular formula is C7H10ClP. The predicted molar refractivity (Wildman–Crippen MR) is 41.3 cm³/mol. The van der Waals surface area contributed by atoms with E-state index in [1.54, 1.807) is 0 Å². The van der Waals surface area contributed by atoms with Gasteiger partial charge in [-0.05, 0) is 14.8 Å². The van der Waals surface area contributed by atoms with Crippen molar-refractivity contribution in [2.24, 2.45) is 0 Å². The summed E-state index contributed by atoms with van der Waals surface area (Å²) in [6.07, 6.45) is 1.17. The van der Waals surface area contributed by atoms with E-state index in [1.807, 2.05) is 15.3 Å². The quantitative estimate of drug-likeness (QED) is 0.453. The Kier molecular flexibility index (Phi) is 4.75. The Morgan fingerprint density at radius 1 is 1.11 bits per heavy atom. The van der Waals surface area contributed by atoms with Gasteiger partial charge in [-0.1, -0.05) is 30.3 Å².